The molecule has 0 spiro atoms. The molecule has 0 bridgehead atoms. The molecule has 2 nitrogen and oxygen atoms in total. The quantitative estimate of drug-likeness (QED) is 0.606. The molecule has 66 valence electrons. The van der Waals surface area contributed by atoms with Crippen LogP contribution in [0.5, 0.6) is 0 Å². The molecule has 1 fully saturated rings. The maximum atomic E-state index is 5.66. The fourth-order valence-corrected chi connectivity index (χ4v) is 1.78. The fourth-order valence-electron chi connectivity index (χ4n) is 1.35. The van der Waals surface area contributed by atoms with Crippen molar-refractivity contribution in [3.8, 4) is 0 Å². The molecule has 0 aromatic heterocycles. The zero-order valence-corrected chi connectivity index (χ0v) is 7.99. The molecule has 3 heteroatoms. The standard InChI is InChI=1S/C8H18N2S/c1-11-4-2-3-10-8-5-7(9)6-8/h7-8,10H,2-6,9H2,1H3. The van der Waals surface area contributed by atoms with E-state index in [0.717, 1.165) is 12.6 Å². The lowest BCUT2D eigenvalue weighted by atomic mass is 9.88. The topological polar surface area (TPSA) is 38.0 Å². The Morgan fingerprint density at radius 1 is 1.55 bits per heavy atom. The van der Waals surface area contributed by atoms with Crippen molar-refractivity contribution in [1.82, 2.24) is 5.32 Å². The molecular weight excluding hydrogens is 156 g/mol. The van der Waals surface area contributed by atoms with E-state index in [1.54, 1.807) is 0 Å². The largest absolute Gasteiger partial charge is 0.328 e. The van der Waals surface area contributed by atoms with Gasteiger partial charge in [-0.15, -0.1) is 0 Å². The second-order valence-corrected chi connectivity index (χ2v) is 4.21. The van der Waals surface area contributed by atoms with E-state index in [0.29, 0.717) is 6.04 Å². The molecule has 0 aliphatic heterocycles. The minimum absolute atomic E-state index is 0.480. The minimum atomic E-state index is 0.480. The lowest BCUT2D eigenvalue weighted by Crippen LogP contribution is -2.48. The van der Waals surface area contributed by atoms with Gasteiger partial charge in [0.15, 0.2) is 0 Å². The molecule has 0 unspecified atom stereocenters. The Morgan fingerprint density at radius 2 is 2.27 bits per heavy atom. The maximum Gasteiger partial charge on any atom is 0.00965 e. The molecule has 0 atom stereocenters. The second kappa shape index (κ2) is 5.01. The monoisotopic (exact) mass is 174 g/mol. The highest BCUT2D eigenvalue weighted by molar-refractivity contribution is 7.98. The SMILES string of the molecule is CSCCCNC1CC(N)C1. The third-order valence-electron chi connectivity index (χ3n) is 2.13. The van der Waals surface area contributed by atoms with E-state index in [-0.39, 0.29) is 0 Å². The van der Waals surface area contributed by atoms with Crippen LogP contribution in [0.4, 0.5) is 0 Å². The van der Waals surface area contributed by atoms with Crippen LogP contribution in [0.15, 0.2) is 0 Å². The number of nitrogens with one attached hydrogen (secondary N) is 1. The Kier molecular flexibility index (Phi) is 4.26. The van der Waals surface area contributed by atoms with Crippen LogP contribution < -0.4 is 11.1 Å². The predicted octanol–water partition coefficient (Wildman–Crippen LogP) is 0.819. The van der Waals surface area contributed by atoms with Crippen molar-refractivity contribution in [2.75, 3.05) is 18.6 Å². The lowest BCUT2D eigenvalue weighted by Gasteiger charge is -2.33. The van der Waals surface area contributed by atoms with Crippen LogP contribution in [-0.2, 0) is 0 Å². The smallest absolute Gasteiger partial charge is 0.00965 e. The first kappa shape index (κ1) is 9.36. The predicted molar refractivity (Wildman–Crippen MR) is 52.0 cm³/mol. The molecule has 0 heterocycles. The number of rotatable bonds is 5. The summed E-state index contributed by atoms with van der Waals surface area (Å²) < 4.78 is 0. The molecule has 3 N–H and O–H groups in total. The molecule has 0 aromatic rings. The van der Waals surface area contributed by atoms with Gasteiger partial charge in [-0.25, -0.2) is 0 Å². The molecule has 0 radical (unpaired) electrons. The molecule has 1 saturated carbocycles. The number of hydrogen-bond acceptors (Lipinski definition) is 3. The molecule has 1 aliphatic carbocycles. The van der Waals surface area contributed by atoms with Crippen LogP contribution in [-0.4, -0.2) is 30.6 Å². The molecule has 1 aliphatic rings. The van der Waals surface area contributed by atoms with E-state index >= 15 is 0 Å². The summed E-state index contributed by atoms with van der Waals surface area (Å²) in [5.74, 6) is 1.27. The first-order valence-corrected chi connectivity index (χ1v) is 5.70. The molecule has 0 amide bonds. The van der Waals surface area contributed by atoms with Crippen molar-refractivity contribution < 1.29 is 0 Å². The van der Waals surface area contributed by atoms with Gasteiger partial charge in [0.1, 0.15) is 0 Å². The maximum absolute atomic E-state index is 5.66. The van der Waals surface area contributed by atoms with Gasteiger partial charge in [0, 0.05) is 12.1 Å². The Hall–Kier alpha value is 0.270. The summed E-state index contributed by atoms with van der Waals surface area (Å²) in [6.07, 6.45) is 5.80. The van der Waals surface area contributed by atoms with Crippen LogP contribution in [0.25, 0.3) is 0 Å². The highest BCUT2D eigenvalue weighted by atomic mass is 32.2. The van der Waals surface area contributed by atoms with Gasteiger partial charge >= 0.3 is 0 Å². The Labute approximate surface area is 73.3 Å². The van der Waals surface area contributed by atoms with Crippen LogP contribution in [0.3, 0.4) is 0 Å². The molecule has 1 rings (SSSR count). The first-order valence-electron chi connectivity index (χ1n) is 4.31. The molecule has 11 heavy (non-hydrogen) atoms. The summed E-state index contributed by atoms with van der Waals surface area (Å²) in [5.41, 5.74) is 5.66. The Balaban J connectivity index is 1.81. The zero-order valence-electron chi connectivity index (χ0n) is 7.18. The van der Waals surface area contributed by atoms with Gasteiger partial charge in [-0.05, 0) is 37.8 Å². The van der Waals surface area contributed by atoms with Gasteiger partial charge < -0.3 is 11.1 Å². The Bertz CT molecular complexity index is 102. The zero-order chi connectivity index (χ0) is 8.10. The first-order chi connectivity index (χ1) is 5.33. The van der Waals surface area contributed by atoms with Gasteiger partial charge in [-0.1, -0.05) is 0 Å². The van der Waals surface area contributed by atoms with Crippen LogP contribution in [0.1, 0.15) is 19.3 Å². The van der Waals surface area contributed by atoms with Crippen LogP contribution >= 0.6 is 11.8 Å². The van der Waals surface area contributed by atoms with Crippen molar-refractivity contribution in [3.63, 3.8) is 0 Å². The summed E-state index contributed by atoms with van der Waals surface area (Å²) >= 11 is 1.91. The highest BCUT2D eigenvalue weighted by Gasteiger charge is 2.24. The molecular formula is C8H18N2S. The normalized spacial score (nSPS) is 30.0. The average Bonchev–Trinajstić information content (AvgIpc) is 1.94. The van der Waals surface area contributed by atoms with Crippen molar-refractivity contribution in [2.24, 2.45) is 5.73 Å². The summed E-state index contributed by atoms with van der Waals surface area (Å²) in [4.78, 5) is 0. The summed E-state index contributed by atoms with van der Waals surface area (Å²) in [6.45, 7) is 1.16. The van der Waals surface area contributed by atoms with E-state index in [4.69, 9.17) is 5.73 Å². The van der Waals surface area contributed by atoms with Gasteiger partial charge in [-0.3, -0.25) is 0 Å². The van der Waals surface area contributed by atoms with E-state index < -0.39 is 0 Å². The second-order valence-electron chi connectivity index (χ2n) is 3.23. The van der Waals surface area contributed by atoms with Gasteiger partial charge in [0.05, 0.1) is 0 Å². The number of hydrogen-bond donors (Lipinski definition) is 2. The highest BCUT2D eigenvalue weighted by Crippen LogP contribution is 2.16. The van der Waals surface area contributed by atoms with Crippen molar-refractivity contribution in [2.45, 2.75) is 31.3 Å². The van der Waals surface area contributed by atoms with Gasteiger partial charge in [0.2, 0.25) is 0 Å². The van der Waals surface area contributed by atoms with Crippen molar-refractivity contribution in [1.29, 1.82) is 0 Å². The third-order valence-corrected chi connectivity index (χ3v) is 2.83. The molecule has 0 aromatic carbocycles. The summed E-state index contributed by atoms with van der Waals surface area (Å²) in [7, 11) is 0. The van der Waals surface area contributed by atoms with E-state index in [1.807, 2.05) is 11.8 Å². The number of nitrogens with two attached hydrogens (primary N) is 1. The van der Waals surface area contributed by atoms with Gasteiger partial charge in [-0.2, -0.15) is 11.8 Å². The minimum Gasteiger partial charge on any atom is -0.328 e. The number of thioether (sulfide) groups is 1. The van der Waals surface area contributed by atoms with Crippen LogP contribution in [0.2, 0.25) is 0 Å². The van der Waals surface area contributed by atoms with Gasteiger partial charge in [0.25, 0.3) is 0 Å². The van der Waals surface area contributed by atoms with Crippen molar-refractivity contribution >= 4 is 11.8 Å². The lowest BCUT2D eigenvalue weighted by molar-refractivity contribution is 0.293. The summed E-state index contributed by atoms with van der Waals surface area (Å²) in [6, 6.07) is 1.21. The Morgan fingerprint density at radius 3 is 2.82 bits per heavy atom. The molecule has 0 saturated heterocycles. The average molecular weight is 174 g/mol. The van der Waals surface area contributed by atoms with Crippen LogP contribution in [0, 0.1) is 0 Å². The van der Waals surface area contributed by atoms with Crippen molar-refractivity contribution in [3.05, 3.63) is 0 Å². The van der Waals surface area contributed by atoms with E-state index in [9.17, 15) is 0 Å². The third kappa shape index (κ3) is 3.45. The summed E-state index contributed by atoms with van der Waals surface area (Å²) in [5, 5.41) is 3.49. The van der Waals surface area contributed by atoms with E-state index in [2.05, 4.69) is 11.6 Å². The fraction of sp³-hybridized carbons (Fsp3) is 1.00. The van der Waals surface area contributed by atoms with E-state index in [1.165, 1.54) is 25.0 Å².